The van der Waals surface area contributed by atoms with Crippen LogP contribution in [-0.4, -0.2) is 21.6 Å². The number of aromatic nitrogens is 2. The molecule has 0 unspecified atom stereocenters. The van der Waals surface area contributed by atoms with Gasteiger partial charge in [-0.05, 0) is 132 Å². The molecule has 39 heavy (non-hydrogen) atoms. The molecule has 198 valence electrons. The van der Waals surface area contributed by atoms with Crippen LogP contribution in [0.25, 0.3) is 0 Å². The summed E-state index contributed by atoms with van der Waals surface area (Å²) >= 11 is 0. The molecule has 5 heteroatoms. The van der Waals surface area contributed by atoms with E-state index in [0.29, 0.717) is 22.7 Å². The standard InChI is InChI=1S/C34H37N5/c1-17-7-23-24(8-18(17)2)32(38-30-12-20-10-22-14-28(34(22,5)6)26(20)16-36-30)39-31(23)37-29-11-19-9-21-13-27(33(21,3)4)25(19)15-35-29/h7-8,11-12,15-16,21-22,27-28H,9-10,13-14H2,1-6H3,(H,35,36,37,38,39)/t21-,22-,27-,28-/m0/s1. The molecule has 2 saturated carbocycles. The van der Waals surface area contributed by atoms with Gasteiger partial charge in [0.2, 0.25) is 0 Å². The van der Waals surface area contributed by atoms with Crippen molar-refractivity contribution in [3.8, 4) is 0 Å². The first-order valence-electron chi connectivity index (χ1n) is 14.6. The summed E-state index contributed by atoms with van der Waals surface area (Å²) in [5.74, 6) is 5.99. The second-order valence-electron chi connectivity index (χ2n) is 14.0. The van der Waals surface area contributed by atoms with E-state index in [9.17, 15) is 0 Å². The molecule has 4 bridgehead atoms. The van der Waals surface area contributed by atoms with Crippen LogP contribution in [0.5, 0.6) is 0 Å². The zero-order valence-corrected chi connectivity index (χ0v) is 23.9. The van der Waals surface area contributed by atoms with Crippen LogP contribution in [-0.2, 0) is 12.8 Å². The topological polar surface area (TPSA) is 62.5 Å². The van der Waals surface area contributed by atoms with E-state index in [1.165, 1.54) is 46.2 Å². The lowest BCUT2D eigenvalue weighted by molar-refractivity contribution is 0.0183. The molecule has 0 spiro atoms. The number of aryl methyl sites for hydroxylation is 2. The third kappa shape index (κ3) is 3.25. The van der Waals surface area contributed by atoms with Crippen molar-refractivity contribution in [1.29, 1.82) is 0 Å². The van der Waals surface area contributed by atoms with Crippen LogP contribution >= 0.6 is 0 Å². The van der Waals surface area contributed by atoms with Gasteiger partial charge in [-0.3, -0.25) is 0 Å². The van der Waals surface area contributed by atoms with Crippen LogP contribution in [0.4, 0.5) is 11.6 Å². The van der Waals surface area contributed by atoms with Gasteiger partial charge in [0.1, 0.15) is 11.7 Å². The molecular formula is C34H37N5. The Kier molecular flexibility index (Phi) is 4.62. The largest absolute Gasteiger partial charge is 0.324 e. The number of fused-ring (bicyclic) bond motifs is 1. The maximum absolute atomic E-state index is 5.02. The Morgan fingerprint density at radius 3 is 2.00 bits per heavy atom. The van der Waals surface area contributed by atoms with E-state index < -0.39 is 0 Å². The van der Waals surface area contributed by atoms with Gasteiger partial charge in [-0.2, -0.15) is 0 Å². The summed E-state index contributed by atoms with van der Waals surface area (Å²) in [4.78, 5) is 19.7. The number of hydrogen-bond acceptors (Lipinski definition) is 4. The van der Waals surface area contributed by atoms with Crippen molar-refractivity contribution < 1.29 is 0 Å². The van der Waals surface area contributed by atoms with Crippen LogP contribution in [0.2, 0.25) is 0 Å². The van der Waals surface area contributed by atoms with Crippen LogP contribution in [0.3, 0.4) is 0 Å². The predicted molar refractivity (Wildman–Crippen MR) is 157 cm³/mol. The fourth-order valence-electron chi connectivity index (χ4n) is 8.26. The molecule has 0 radical (unpaired) electrons. The van der Waals surface area contributed by atoms with Gasteiger partial charge in [-0.15, -0.1) is 0 Å². The monoisotopic (exact) mass is 515 g/mol. The van der Waals surface area contributed by atoms with Crippen molar-refractivity contribution >= 4 is 23.3 Å². The molecule has 6 aliphatic carbocycles. The van der Waals surface area contributed by atoms with Crippen molar-refractivity contribution in [2.24, 2.45) is 32.7 Å². The number of nitrogens with zero attached hydrogens (tertiary/aromatic N) is 4. The summed E-state index contributed by atoms with van der Waals surface area (Å²) in [6, 6.07) is 8.90. The minimum Gasteiger partial charge on any atom is -0.324 e. The second kappa shape index (κ2) is 7.65. The lowest BCUT2D eigenvalue weighted by atomic mass is 9.48. The van der Waals surface area contributed by atoms with Gasteiger partial charge in [-0.1, -0.05) is 27.7 Å². The molecular weight excluding hydrogens is 478 g/mol. The highest BCUT2D eigenvalue weighted by atomic mass is 15.1. The van der Waals surface area contributed by atoms with Gasteiger partial charge >= 0.3 is 0 Å². The number of aliphatic imine (C=N–C) groups is 2. The summed E-state index contributed by atoms with van der Waals surface area (Å²) < 4.78 is 0. The molecule has 1 N–H and O–H groups in total. The normalized spacial score (nSPS) is 29.0. The van der Waals surface area contributed by atoms with Crippen LogP contribution < -0.4 is 5.32 Å². The summed E-state index contributed by atoms with van der Waals surface area (Å²) in [5, 5.41) is 3.57. The molecule has 2 fully saturated rings. The zero-order valence-electron chi connectivity index (χ0n) is 23.9. The van der Waals surface area contributed by atoms with E-state index in [4.69, 9.17) is 20.0 Å². The molecule has 0 saturated heterocycles. The molecule has 5 nitrogen and oxygen atoms in total. The Bertz CT molecular complexity index is 1640. The summed E-state index contributed by atoms with van der Waals surface area (Å²) in [5.41, 5.74) is 11.2. The van der Waals surface area contributed by atoms with Gasteiger partial charge in [-0.25, -0.2) is 20.0 Å². The van der Waals surface area contributed by atoms with Crippen LogP contribution in [0, 0.1) is 36.5 Å². The number of nitrogens with one attached hydrogen (secondary N) is 1. The van der Waals surface area contributed by atoms with E-state index in [1.54, 1.807) is 0 Å². The van der Waals surface area contributed by atoms with E-state index in [1.807, 2.05) is 0 Å². The van der Waals surface area contributed by atoms with Crippen molar-refractivity contribution in [2.45, 2.75) is 79.1 Å². The summed E-state index contributed by atoms with van der Waals surface area (Å²) in [6.07, 6.45) is 9.08. The first-order valence-corrected chi connectivity index (χ1v) is 14.6. The van der Waals surface area contributed by atoms with Gasteiger partial charge < -0.3 is 5.32 Å². The molecule has 7 aliphatic rings. The summed E-state index contributed by atoms with van der Waals surface area (Å²) in [7, 11) is 0. The van der Waals surface area contributed by atoms with E-state index in [0.717, 1.165) is 59.1 Å². The molecule has 3 heterocycles. The Labute approximate surface area is 231 Å². The smallest absolute Gasteiger partial charge is 0.164 e. The molecule has 10 rings (SSSR count). The molecule has 4 atom stereocenters. The molecule has 1 aliphatic heterocycles. The Balaban J connectivity index is 1.14. The van der Waals surface area contributed by atoms with Crippen molar-refractivity contribution in [2.75, 3.05) is 5.32 Å². The number of amidine groups is 2. The number of rotatable bonds is 2. The summed E-state index contributed by atoms with van der Waals surface area (Å²) in [6.45, 7) is 14.0. The molecule has 0 amide bonds. The highest BCUT2D eigenvalue weighted by Gasteiger charge is 2.53. The first-order chi connectivity index (χ1) is 18.6. The van der Waals surface area contributed by atoms with Crippen molar-refractivity contribution in [3.63, 3.8) is 0 Å². The maximum atomic E-state index is 5.02. The van der Waals surface area contributed by atoms with Gasteiger partial charge in [0.05, 0.1) is 0 Å². The molecule has 3 aromatic rings. The lowest BCUT2D eigenvalue weighted by Gasteiger charge is -2.57. The Hall–Kier alpha value is -3.34. The molecule has 1 aromatic carbocycles. The fraction of sp³-hybridized carbons (Fsp3) is 0.471. The minimum absolute atomic E-state index is 0.397. The van der Waals surface area contributed by atoms with Gasteiger partial charge in [0, 0.05) is 23.5 Å². The van der Waals surface area contributed by atoms with E-state index in [-0.39, 0.29) is 0 Å². The fourth-order valence-corrected chi connectivity index (χ4v) is 8.26. The van der Waals surface area contributed by atoms with Crippen molar-refractivity contribution in [1.82, 2.24) is 9.97 Å². The quantitative estimate of drug-likeness (QED) is 0.386. The average molecular weight is 516 g/mol. The highest BCUT2D eigenvalue weighted by molar-refractivity contribution is 6.26. The SMILES string of the molecule is Cc1cc2c(cc1C)C(Nc1cc3c(cn1)[C@@H]1C[C@H](C3)C1(C)C)=NC2=Nc1cc2c(cn1)[C@@H]1C[C@H](C2)C1(C)C. The Morgan fingerprint density at radius 1 is 0.769 bits per heavy atom. The minimum atomic E-state index is 0.397. The van der Waals surface area contributed by atoms with Crippen LogP contribution in [0.15, 0.2) is 46.6 Å². The number of pyridine rings is 2. The van der Waals surface area contributed by atoms with Gasteiger partial charge in [0.25, 0.3) is 0 Å². The highest BCUT2D eigenvalue weighted by Crippen LogP contribution is 2.63. The van der Waals surface area contributed by atoms with E-state index in [2.05, 4.69) is 83.5 Å². The number of hydrogen-bond donors (Lipinski definition) is 1. The maximum Gasteiger partial charge on any atom is 0.164 e. The second-order valence-corrected chi connectivity index (χ2v) is 14.0. The zero-order chi connectivity index (χ0) is 26.8. The van der Waals surface area contributed by atoms with Crippen LogP contribution in [0.1, 0.15) is 96.9 Å². The lowest BCUT2D eigenvalue weighted by Crippen LogP contribution is -2.48. The molecule has 2 aromatic heterocycles. The third-order valence-electron chi connectivity index (χ3n) is 11.5. The number of benzene rings is 1. The predicted octanol–water partition coefficient (Wildman–Crippen LogP) is 7.42. The third-order valence-corrected chi connectivity index (χ3v) is 11.5. The van der Waals surface area contributed by atoms with Gasteiger partial charge in [0.15, 0.2) is 11.7 Å². The van der Waals surface area contributed by atoms with E-state index >= 15 is 0 Å². The number of anilines is 1. The van der Waals surface area contributed by atoms with Crippen molar-refractivity contribution in [3.05, 3.63) is 81.2 Å². The first kappa shape index (κ1) is 23.5. The Morgan fingerprint density at radius 2 is 1.36 bits per heavy atom. The average Bonchev–Trinajstić information content (AvgIpc) is 3.22.